The molecule has 0 saturated carbocycles. The number of carboxylic acid groups (broad SMARTS) is 1. The van der Waals surface area contributed by atoms with Gasteiger partial charge in [-0.15, -0.1) is 0 Å². The molecule has 3 rings (SSSR count). The van der Waals surface area contributed by atoms with E-state index in [1.54, 1.807) is 56.3 Å². The van der Waals surface area contributed by atoms with Gasteiger partial charge in [-0.05, 0) is 55.2 Å². The van der Waals surface area contributed by atoms with Crippen LogP contribution in [0.1, 0.15) is 56.2 Å². The molecule has 1 aliphatic rings. The van der Waals surface area contributed by atoms with Gasteiger partial charge in [0.2, 0.25) is 5.91 Å². The molecule has 0 bridgehead atoms. The lowest BCUT2D eigenvalue weighted by atomic mass is 9.67. The summed E-state index contributed by atoms with van der Waals surface area (Å²) in [5.41, 5.74) is -5.40. The van der Waals surface area contributed by atoms with Crippen molar-refractivity contribution < 1.29 is 36.3 Å². The van der Waals surface area contributed by atoms with E-state index in [9.17, 15) is 36.3 Å². The third kappa shape index (κ3) is 6.62. The van der Waals surface area contributed by atoms with E-state index < -0.39 is 63.8 Å². The van der Waals surface area contributed by atoms with Crippen LogP contribution in [0.2, 0.25) is 10.0 Å². The SMILES string of the molecule is C[C@@H](CCNS(=O)(=O)C(F)(F)F)N1C(=O)[C@@](C)(CC(=O)O)C[C@H](c2cccc(Cl)c2)[C@H]1c1ccc(Cl)cc1. The summed E-state index contributed by atoms with van der Waals surface area (Å²) in [6.07, 6.45) is -0.466. The maximum absolute atomic E-state index is 13.9. The first-order valence-corrected chi connectivity index (χ1v) is 13.9. The van der Waals surface area contributed by atoms with Crippen molar-refractivity contribution in [2.45, 2.75) is 56.6 Å². The molecule has 38 heavy (non-hydrogen) atoms. The Hall–Kier alpha value is -2.34. The summed E-state index contributed by atoms with van der Waals surface area (Å²) in [7, 11) is -5.57. The van der Waals surface area contributed by atoms with E-state index in [0.717, 1.165) is 5.56 Å². The fraction of sp³-hybridized carbons (Fsp3) is 0.440. The Morgan fingerprint density at radius 3 is 2.34 bits per heavy atom. The lowest BCUT2D eigenvalue weighted by Crippen LogP contribution is -2.56. The molecule has 2 aromatic carbocycles. The number of hydrogen-bond acceptors (Lipinski definition) is 4. The maximum atomic E-state index is 13.9. The van der Waals surface area contributed by atoms with Crippen molar-refractivity contribution in [2.75, 3.05) is 6.54 Å². The van der Waals surface area contributed by atoms with E-state index in [1.807, 2.05) is 6.07 Å². The second kappa shape index (κ2) is 11.4. The largest absolute Gasteiger partial charge is 0.511 e. The second-order valence-corrected chi connectivity index (χ2v) is 12.3. The van der Waals surface area contributed by atoms with E-state index in [4.69, 9.17) is 23.2 Å². The zero-order chi connectivity index (χ0) is 28.5. The number of amides is 1. The van der Waals surface area contributed by atoms with Gasteiger partial charge in [0.15, 0.2) is 0 Å². The molecule has 13 heteroatoms. The van der Waals surface area contributed by atoms with Gasteiger partial charge in [0.05, 0.1) is 17.9 Å². The monoisotopic (exact) mass is 594 g/mol. The number of nitrogens with zero attached hydrogens (tertiary/aromatic N) is 1. The predicted octanol–water partition coefficient (Wildman–Crippen LogP) is 5.75. The standard InChI is InChI=1S/C25H27Cl2F3N2O5S/c1-15(10-11-31-38(36,37)25(28,29)30)32-22(16-6-8-18(26)9-7-16)20(17-4-3-5-19(27)12-17)13-24(2,23(32)35)14-21(33)34/h3-9,12,15,20,22,31H,10-11,13-14H2,1-2H3,(H,33,34)/t15-,20+,22+,24+/m0/s1. The molecule has 0 aromatic heterocycles. The molecule has 2 aromatic rings. The number of benzene rings is 2. The lowest BCUT2D eigenvalue weighted by Gasteiger charge is -2.51. The summed E-state index contributed by atoms with van der Waals surface area (Å²) in [4.78, 5) is 27.2. The molecule has 1 fully saturated rings. The van der Waals surface area contributed by atoms with Gasteiger partial charge in [-0.1, -0.05) is 54.4 Å². The van der Waals surface area contributed by atoms with Crippen LogP contribution < -0.4 is 4.72 Å². The molecule has 2 N–H and O–H groups in total. The first-order chi connectivity index (χ1) is 17.6. The number of rotatable bonds is 9. The van der Waals surface area contributed by atoms with Crippen molar-refractivity contribution in [1.29, 1.82) is 0 Å². The fourth-order valence-electron chi connectivity index (χ4n) is 4.99. The first kappa shape index (κ1) is 30.2. The van der Waals surface area contributed by atoms with Gasteiger partial charge in [-0.2, -0.15) is 13.2 Å². The van der Waals surface area contributed by atoms with Crippen LogP contribution in [0, 0.1) is 5.41 Å². The number of likely N-dealkylation sites (tertiary alicyclic amines) is 1. The van der Waals surface area contributed by atoms with Gasteiger partial charge in [0.25, 0.3) is 0 Å². The van der Waals surface area contributed by atoms with Gasteiger partial charge in [-0.3, -0.25) is 9.59 Å². The first-order valence-electron chi connectivity index (χ1n) is 11.7. The minimum atomic E-state index is -5.57. The molecule has 0 radical (unpaired) electrons. The highest BCUT2D eigenvalue weighted by Crippen LogP contribution is 2.52. The molecular formula is C25H27Cl2F3N2O5S. The zero-order valence-corrected chi connectivity index (χ0v) is 22.8. The molecule has 1 amide bonds. The Morgan fingerprint density at radius 1 is 1.16 bits per heavy atom. The van der Waals surface area contributed by atoms with Crippen LogP contribution in [-0.2, 0) is 19.6 Å². The van der Waals surface area contributed by atoms with Crippen LogP contribution >= 0.6 is 23.2 Å². The Bertz CT molecular complexity index is 1290. The normalized spacial score (nSPS) is 23.3. The number of nitrogens with one attached hydrogen (secondary N) is 1. The molecular weight excluding hydrogens is 568 g/mol. The van der Waals surface area contributed by atoms with E-state index >= 15 is 0 Å². The minimum Gasteiger partial charge on any atom is -0.481 e. The molecule has 1 saturated heterocycles. The number of halogens is 5. The summed E-state index contributed by atoms with van der Waals surface area (Å²) in [6, 6.07) is 12.3. The van der Waals surface area contributed by atoms with Crippen molar-refractivity contribution in [3.05, 3.63) is 69.7 Å². The molecule has 0 unspecified atom stereocenters. The van der Waals surface area contributed by atoms with E-state index in [2.05, 4.69) is 0 Å². The van der Waals surface area contributed by atoms with E-state index in [1.165, 1.54) is 9.62 Å². The molecule has 208 valence electrons. The van der Waals surface area contributed by atoms with Crippen molar-refractivity contribution >= 4 is 45.1 Å². The Morgan fingerprint density at radius 2 is 1.79 bits per heavy atom. The summed E-state index contributed by atoms with van der Waals surface area (Å²) in [5, 5.41) is 10.5. The van der Waals surface area contributed by atoms with Gasteiger partial charge in [0.1, 0.15) is 0 Å². The number of carboxylic acids is 1. The van der Waals surface area contributed by atoms with Gasteiger partial charge < -0.3 is 10.0 Å². The fourth-order valence-corrected chi connectivity index (χ4v) is 5.86. The van der Waals surface area contributed by atoms with Crippen LogP contribution in [0.4, 0.5) is 13.2 Å². The summed E-state index contributed by atoms with van der Waals surface area (Å²) in [6.45, 7) is 2.55. The van der Waals surface area contributed by atoms with Crippen LogP contribution in [-0.4, -0.2) is 48.4 Å². The summed E-state index contributed by atoms with van der Waals surface area (Å²) >= 11 is 12.3. The summed E-state index contributed by atoms with van der Waals surface area (Å²) < 4.78 is 62.9. The van der Waals surface area contributed by atoms with Crippen molar-refractivity contribution in [1.82, 2.24) is 9.62 Å². The predicted molar refractivity (Wildman–Crippen MR) is 137 cm³/mol. The van der Waals surface area contributed by atoms with Crippen molar-refractivity contribution in [3.63, 3.8) is 0 Å². The highest BCUT2D eigenvalue weighted by Gasteiger charge is 2.52. The second-order valence-electron chi connectivity index (χ2n) is 9.69. The van der Waals surface area contributed by atoms with Crippen molar-refractivity contribution in [3.8, 4) is 0 Å². The highest BCUT2D eigenvalue weighted by molar-refractivity contribution is 7.90. The van der Waals surface area contributed by atoms with Crippen molar-refractivity contribution in [2.24, 2.45) is 5.41 Å². The zero-order valence-electron chi connectivity index (χ0n) is 20.5. The molecule has 7 nitrogen and oxygen atoms in total. The van der Waals surface area contributed by atoms with Gasteiger partial charge in [-0.25, -0.2) is 13.1 Å². The average Bonchev–Trinajstić information content (AvgIpc) is 2.79. The third-order valence-electron chi connectivity index (χ3n) is 6.77. The number of alkyl halides is 3. The maximum Gasteiger partial charge on any atom is 0.511 e. The Labute approximate surface area is 229 Å². The number of hydrogen-bond donors (Lipinski definition) is 2. The van der Waals surface area contributed by atoms with Crippen LogP contribution in [0.3, 0.4) is 0 Å². The number of piperidine rings is 1. The third-order valence-corrected chi connectivity index (χ3v) is 8.45. The number of carbonyl (C=O) groups excluding carboxylic acids is 1. The van der Waals surface area contributed by atoms with Gasteiger partial charge >= 0.3 is 21.5 Å². The number of carbonyl (C=O) groups is 2. The minimum absolute atomic E-state index is 0.156. The molecule has 0 spiro atoms. The lowest BCUT2D eigenvalue weighted by molar-refractivity contribution is -0.160. The highest BCUT2D eigenvalue weighted by atomic mass is 35.5. The van der Waals surface area contributed by atoms with Gasteiger partial charge in [0, 0.05) is 28.5 Å². The number of aliphatic carboxylic acids is 1. The topological polar surface area (TPSA) is 104 Å². The quantitative estimate of drug-likeness (QED) is 0.385. The average molecular weight is 595 g/mol. The molecule has 0 aliphatic carbocycles. The molecule has 1 heterocycles. The summed E-state index contributed by atoms with van der Waals surface area (Å²) in [5.74, 6) is -2.11. The van der Waals surface area contributed by atoms with Crippen LogP contribution in [0.25, 0.3) is 0 Å². The Balaban J connectivity index is 2.08. The van der Waals surface area contributed by atoms with E-state index in [-0.39, 0.29) is 12.8 Å². The van der Waals surface area contributed by atoms with Crippen LogP contribution in [0.5, 0.6) is 0 Å². The van der Waals surface area contributed by atoms with Crippen LogP contribution in [0.15, 0.2) is 48.5 Å². The Kier molecular flexibility index (Phi) is 9.07. The molecule has 4 atom stereocenters. The molecule has 1 aliphatic heterocycles. The van der Waals surface area contributed by atoms with E-state index in [0.29, 0.717) is 15.6 Å². The smallest absolute Gasteiger partial charge is 0.481 e. The number of sulfonamides is 1.